The molecule has 15 heavy (non-hydrogen) atoms. The van der Waals surface area contributed by atoms with Crippen LogP contribution in [-0.2, 0) is 11.0 Å². The zero-order valence-electron chi connectivity index (χ0n) is 8.14. The first-order chi connectivity index (χ1) is 6.80. The Hall–Kier alpha value is -1.59. The van der Waals surface area contributed by atoms with Gasteiger partial charge in [0.25, 0.3) is 0 Å². The lowest BCUT2D eigenvalue weighted by atomic mass is 10.2. The molecule has 1 aromatic rings. The van der Waals surface area contributed by atoms with Crippen LogP contribution in [0.1, 0.15) is 18.1 Å². The topological polar surface area (TPSA) is 42.0 Å². The maximum absolute atomic E-state index is 12.5. The predicted octanol–water partition coefficient (Wildman–Crippen LogP) is 2.37. The number of nitrogens with one attached hydrogen (secondary N) is 1. The molecule has 0 spiro atoms. The molecule has 1 N–H and O–H groups in total. The molecular weight excluding hydrogens is 209 g/mol. The van der Waals surface area contributed by atoms with Gasteiger partial charge in [0.15, 0.2) is 0 Å². The fraction of sp³-hybridized carbons (Fsp3) is 0.333. The van der Waals surface area contributed by atoms with E-state index in [4.69, 9.17) is 0 Å². The molecule has 0 radical (unpaired) electrons. The molecule has 0 fully saturated rings. The number of carbonyl (C=O) groups excluding carboxylic acids is 1. The third kappa shape index (κ3) is 2.93. The molecule has 0 saturated heterocycles. The number of rotatable bonds is 1. The van der Waals surface area contributed by atoms with E-state index in [1.165, 1.54) is 13.1 Å². The molecule has 0 aliphatic rings. The number of carbonyl (C=O) groups is 1. The third-order valence-corrected chi connectivity index (χ3v) is 1.62. The number of amides is 1. The number of alkyl halides is 3. The first-order valence-corrected chi connectivity index (χ1v) is 4.12. The van der Waals surface area contributed by atoms with E-state index in [1.807, 2.05) is 5.32 Å². The summed E-state index contributed by atoms with van der Waals surface area (Å²) in [5, 5.41) is 2.04. The van der Waals surface area contributed by atoms with Crippen molar-refractivity contribution in [2.75, 3.05) is 5.32 Å². The van der Waals surface area contributed by atoms with Crippen molar-refractivity contribution < 1.29 is 18.0 Å². The molecule has 0 aromatic carbocycles. The van der Waals surface area contributed by atoms with Crippen molar-refractivity contribution in [1.29, 1.82) is 0 Å². The molecule has 0 unspecified atom stereocenters. The molecule has 0 aliphatic heterocycles. The van der Waals surface area contributed by atoms with Crippen molar-refractivity contribution in [3.8, 4) is 0 Å². The second kappa shape index (κ2) is 3.88. The van der Waals surface area contributed by atoms with Gasteiger partial charge in [-0.3, -0.25) is 4.79 Å². The summed E-state index contributed by atoms with van der Waals surface area (Å²) >= 11 is 0. The molecule has 0 atom stereocenters. The van der Waals surface area contributed by atoms with Gasteiger partial charge in [-0.15, -0.1) is 0 Å². The van der Waals surface area contributed by atoms with Gasteiger partial charge >= 0.3 is 6.18 Å². The average Bonchev–Trinajstić information content (AvgIpc) is 2.05. The van der Waals surface area contributed by atoms with Crippen LogP contribution in [0.4, 0.5) is 19.0 Å². The van der Waals surface area contributed by atoms with Gasteiger partial charge in [-0.25, -0.2) is 4.98 Å². The van der Waals surface area contributed by atoms with Crippen molar-refractivity contribution in [2.24, 2.45) is 0 Å². The zero-order chi connectivity index (χ0) is 11.6. The summed E-state index contributed by atoms with van der Waals surface area (Å²) in [4.78, 5) is 14.2. The van der Waals surface area contributed by atoms with E-state index in [0.717, 1.165) is 13.0 Å². The van der Waals surface area contributed by atoms with Crippen LogP contribution in [0, 0.1) is 6.92 Å². The van der Waals surface area contributed by atoms with E-state index in [9.17, 15) is 18.0 Å². The van der Waals surface area contributed by atoms with Gasteiger partial charge in [0.2, 0.25) is 5.91 Å². The first kappa shape index (κ1) is 11.5. The number of pyridine rings is 1. The van der Waals surface area contributed by atoms with E-state index in [0.29, 0.717) is 5.56 Å². The Morgan fingerprint density at radius 1 is 1.47 bits per heavy atom. The Morgan fingerprint density at radius 2 is 2.07 bits per heavy atom. The van der Waals surface area contributed by atoms with Crippen LogP contribution < -0.4 is 5.32 Å². The number of aryl methyl sites for hydroxylation is 1. The highest BCUT2D eigenvalue weighted by Gasteiger charge is 2.34. The van der Waals surface area contributed by atoms with Crippen LogP contribution in [-0.4, -0.2) is 10.9 Å². The van der Waals surface area contributed by atoms with Crippen LogP contribution in [0.25, 0.3) is 0 Å². The maximum atomic E-state index is 12.5. The summed E-state index contributed by atoms with van der Waals surface area (Å²) in [7, 11) is 0. The predicted molar refractivity (Wildman–Crippen MR) is 48.3 cm³/mol. The summed E-state index contributed by atoms with van der Waals surface area (Å²) < 4.78 is 37.5. The second-order valence-corrected chi connectivity index (χ2v) is 3.09. The third-order valence-electron chi connectivity index (χ3n) is 1.62. The minimum Gasteiger partial charge on any atom is -0.310 e. The SMILES string of the molecule is CC(=O)Nc1ncc(C)cc1C(F)(F)F. The van der Waals surface area contributed by atoms with Crippen LogP contribution in [0.15, 0.2) is 12.3 Å². The van der Waals surface area contributed by atoms with Gasteiger partial charge in [-0.05, 0) is 18.6 Å². The molecule has 1 heterocycles. The van der Waals surface area contributed by atoms with E-state index in [-0.39, 0.29) is 0 Å². The Morgan fingerprint density at radius 3 is 2.53 bits per heavy atom. The number of nitrogens with zero attached hydrogens (tertiary/aromatic N) is 1. The quantitative estimate of drug-likeness (QED) is 0.786. The lowest BCUT2D eigenvalue weighted by Crippen LogP contribution is -2.15. The van der Waals surface area contributed by atoms with Crippen LogP contribution in [0.3, 0.4) is 0 Å². The summed E-state index contributed by atoms with van der Waals surface area (Å²) in [6, 6.07) is 0.943. The Kier molecular flexibility index (Phi) is 2.97. The summed E-state index contributed by atoms with van der Waals surface area (Å²) in [5.41, 5.74) is -0.547. The fourth-order valence-corrected chi connectivity index (χ4v) is 1.05. The molecule has 1 rings (SSSR count). The van der Waals surface area contributed by atoms with Crippen molar-refractivity contribution in [2.45, 2.75) is 20.0 Å². The number of halogens is 3. The van der Waals surface area contributed by atoms with Crippen LogP contribution in [0.2, 0.25) is 0 Å². The Balaban J connectivity index is 3.20. The van der Waals surface area contributed by atoms with Gasteiger partial charge in [-0.2, -0.15) is 13.2 Å². The summed E-state index contributed by atoms with van der Waals surface area (Å²) in [6.07, 6.45) is -3.25. The molecule has 82 valence electrons. The van der Waals surface area contributed by atoms with E-state index in [1.54, 1.807) is 0 Å². The highest BCUT2D eigenvalue weighted by Crippen LogP contribution is 2.34. The maximum Gasteiger partial charge on any atom is 0.419 e. The molecule has 1 aromatic heterocycles. The number of anilines is 1. The monoisotopic (exact) mass is 218 g/mol. The van der Waals surface area contributed by atoms with Gasteiger partial charge in [-0.1, -0.05) is 0 Å². The molecule has 1 amide bonds. The van der Waals surface area contributed by atoms with Crippen molar-refractivity contribution >= 4 is 11.7 Å². The highest BCUT2D eigenvalue weighted by molar-refractivity contribution is 5.88. The normalized spacial score (nSPS) is 11.3. The molecule has 0 aliphatic carbocycles. The van der Waals surface area contributed by atoms with Crippen molar-refractivity contribution in [1.82, 2.24) is 4.98 Å². The fourth-order valence-electron chi connectivity index (χ4n) is 1.05. The lowest BCUT2D eigenvalue weighted by molar-refractivity contribution is -0.137. The minimum absolute atomic E-state index is 0.386. The average molecular weight is 218 g/mol. The van der Waals surface area contributed by atoms with Crippen LogP contribution in [0.5, 0.6) is 0 Å². The van der Waals surface area contributed by atoms with Crippen molar-refractivity contribution in [3.05, 3.63) is 23.4 Å². The molecule has 0 saturated carbocycles. The van der Waals surface area contributed by atoms with E-state index < -0.39 is 23.5 Å². The van der Waals surface area contributed by atoms with Crippen molar-refractivity contribution in [3.63, 3.8) is 0 Å². The van der Waals surface area contributed by atoms with Crippen LogP contribution >= 0.6 is 0 Å². The molecular formula is C9H9F3N2O. The van der Waals surface area contributed by atoms with Gasteiger partial charge in [0.05, 0.1) is 5.56 Å². The molecule has 3 nitrogen and oxygen atoms in total. The Labute approximate surface area is 84.3 Å². The largest absolute Gasteiger partial charge is 0.419 e. The molecule has 0 bridgehead atoms. The van der Waals surface area contributed by atoms with Gasteiger partial charge in [0.1, 0.15) is 5.82 Å². The van der Waals surface area contributed by atoms with E-state index in [2.05, 4.69) is 4.98 Å². The summed E-state index contributed by atoms with van der Waals surface area (Å²) in [5.74, 6) is -1.04. The number of aromatic nitrogens is 1. The van der Waals surface area contributed by atoms with Gasteiger partial charge in [0, 0.05) is 13.1 Å². The zero-order valence-corrected chi connectivity index (χ0v) is 8.14. The summed E-state index contributed by atoms with van der Waals surface area (Å²) in [6.45, 7) is 2.63. The minimum atomic E-state index is -4.52. The Bertz CT molecular complexity index is 387. The standard InChI is InChI=1S/C9H9F3N2O/c1-5-3-7(9(10,11)12)8(13-4-5)14-6(2)15/h3-4H,1-2H3,(H,13,14,15). The first-order valence-electron chi connectivity index (χ1n) is 4.12. The number of hydrogen-bond donors (Lipinski definition) is 1. The number of hydrogen-bond acceptors (Lipinski definition) is 2. The highest BCUT2D eigenvalue weighted by atomic mass is 19.4. The van der Waals surface area contributed by atoms with E-state index >= 15 is 0 Å². The smallest absolute Gasteiger partial charge is 0.310 e. The second-order valence-electron chi connectivity index (χ2n) is 3.09. The van der Waals surface area contributed by atoms with Gasteiger partial charge < -0.3 is 5.32 Å². The molecule has 6 heteroatoms. The lowest BCUT2D eigenvalue weighted by Gasteiger charge is -2.12.